The lowest BCUT2D eigenvalue weighted by atomic mass is 9.80. The molecule has 2 heterocycles. The van der Waals surface area contributed by atoms with Crippen molar-refractivity contribution in [1.82, 2.24) is 9.55 Å². The van der Waals surface area contributed by atoms with E-state index in [1.807, 2.05) is 84.9 Å². The van der Waals surface area contributed by atoms with E-state index >= 15 is 0 Å². The van der Waals surface area contributed by atoms with E-state index in [4.69, 9.17) is 38.2 Å². The molecule has 0 aliphatic carbocycles. The van der Waals surface area contributed by atoms with E-state index in [1.165, 1.54) is 16.8 Å². The number of benzene rings is 3. The fourth-order valence-corrected chi connectivity index (χ4v) is 6.07. The maximum atomic E-state index is 12.9. The molecule has 3 aromatic carbocycles. The normalized spacial score (nSPS) is 19.4. The number of hydrogen-bond acceptors (Lipinski definition) is 11. The number of rotatable bonds is 16. The van der Waals surface area contributed by atoms with Crippen molar-refractivity contribution in [3.05, 3.63) is 129 Å². The van der Waals surface area contributed by atoms with E-state index in [9.17, 15) is 14.5 Å². The second-order valence-corrected chi connectivity index (χ2v) is 11.1. The van der Waals surface area contributed by atoms with Crippen molar-refractivity contribution >= 4 is 9.03 Å². The van der Waals surface area contributed by atoms with E-state index in [2.05, 4.69) is 4.98 Å². The Bertz CT molecular complexity index is 1710. The third kappa shape index (κ3) is 7.67. The summed E-state index contributed by atoms with van der Waals surface area (Å²) in [5.74, 6) is 1.33. The highest BCUT2D eigenvalue weighted by atomic mass is 31.1. The maximum Gasteiger partial charge on any atom is 0.330 e. The second-order valence-electron chi connectivity index (χ2n) is 10.6. The van der Waals surface area contributed by atoms with Crippen molar-refractivity contribution in [2.75, 3.05) is 34.2 Å². The van der Waals surface area contributed by atoms with Crippen molar-refractivity contribution in [3.63, 3.8) is 0 Å². The highest BCUT2D eigenvalue weighted by molar-refractivity contribution is 7.25. The fraction of sp³-hybridized carbons (Fsp3) is 0.324. The monoisotopic (exact) mass is 677 g/mol. The van der Waals surface area contributed by atoms with E-state index in [-0.39, 0.29) is 26.4 Å². The first kappa shape index (κ1) is 34.9. The maximum absolute atomic E-state index is 12.9. The van der Waals surface area contributed by atoms with Crippen LogP contribution in [0.1, 0.15) is 29.3 Å². The Kier molecular flexibility index (Phi) is 12.1. The Labute approximate surface area is 278 Å². The van der Waals surface area contributed by atoms with E-state index in [0.29, 0.717) is 11.5 Å². The molecule has 4 aromatic rings. The lowest BCUT2D eigenvalue weighted by molar-refractivity contribution is -0.137. The molecule has 252 valence electrons. The third-order valence-electron chi connectivity index (χ3n) is 7.94. The van der Waals surface area contributed by atoms with Gasteiger partial charge in [0.05, 0.1) is 39.9 Å². The van der Waals surface area contributed by atoms with Gasteiger partial charge in [0.1, 0.15) is 42.2 Å². The van der Waals surface area contributed by atoms with Gasteiger partial charge in [-0.25, -0.2) is 4.79 Å². The van der Waals surface area contributed by atoms with Crippen LogP contribution in [0.4, 0.5) is 0 Å². The summed E-state index contributed by atoms with van der Waals surface area (Å²) in [6.45, 7) is -0.236. The minimum atomic E-state index is -1.20. The highest BCUT2D eigenvalue weighted by Crippen LogP contribution is 2.43. The number of aromatic nitrogens is 2. The largest absolute Gasteiger partial charge is 0.497 e. The standard InChI is InChI=1S/C34H36N3O10P/c1-41-26-13-9-24(10-14-26)34(23-7-4-3-5-8-23,25-11-15-27(42-2)16-12-25)45-21-28-30(47-48-40)31(44-22-43-20-6-18-35)32(46-28)37-19-17-29(38)36-33(37)39/h3-5,7-17,19,28,30-32,40,48H,6,20-22H2,1-2H3,(H,36,38,39)/t28-,30-,31-,32-/m1/s1. The van der Waals surface area contributed by atoms with Crippen molar-refractivity contribution < 1.29 is 37.8 Å². The van der Waals surface area contributed by atoms with Crippen LogP contribution in [-0.2, 0) is 29.1 Å². The van der Waals surface area contributed by atoms with Gasteiger partial charge in [0, 0.05) is 12.3 Å². The molecule has 1 fully saturated rings. The van der Waals surface area contributed by atoms with Gasteiger partial charge in [0.15, 0.2) is 15.3 Å². The highest BCUT2D eigenvalue weighted by Gasteiger charge is 2.49. The molecule has 0 spiro atoms. The number of nitrogens with one attached hydrogen (secondary N) is 1. The van der Waals surface area contributed by atoms with Gasteiger partial charge in [-0.15, -0.1) is 0 Å². The van der Waals surface area contributed by atoms with Crippen LogP contribution in [0.2, 0.25) is 0 Å². The summed E-state index contributed by atoms with van der Waals surface area (Å²) in [5.41, 5.74) is -0.126. The first-order valence-electron chi connectivity index (χ1n) is 15.0. The van der Waals surface area contributed by atoms with E-state index in [1.54, 1.807) is 14.2 Å². The van der Waals surface area contributed by atoms with Gasteiger partial charge in [-0.2, -0.15) is 5.26 Å². The van der Waals surface area contributed by atoms with Gasteiger partial charge in [-0.1, -0.05) is 54.6 Å². The number of nitriles is 1. The van der Waals surface area contributed by atoms with Crippen LogP contribution in [-0.4, -0.2) is 67.0 Å². The zero-order valence-corrected chi connectivity index (χ0v) is 27.3. The molecule has 1 aliphatic rings. The molecule has 1 aromatic heterocycles. The molecule has 5 atom stereocenters. The summed E-state index contributed by atoms with van der Waals surface area (Å²) < 4.78 is 42.7. The van der Waals surface area contributed by atoms with Crippen molar-refractivity contribution in [2.45, 2.75) is 36.6 Å². The quantitative estimate of drug-likeness (QED) is 0.0771. The Morgan fingerprint density at radius 3 is 2.10 bits per heavy atom. The lowest BCUT2D eigenvalue weighted by Gasteiger charge is -2.37. The first-order chi connectivity index (χ1) is 23.4. The smallest absolute Gasteiger partial charge is 0.330 e. The van der Waals surface area contributed by atoms with Crippen LogP contribution < -0.4 is 20.7 Å². The summed E-state index contributed by atoms with van der Waals surface area (Å²) in [7, 11) is 2.23. The zero-order valence-electron chi connectivity index (χ0n) is 26.3. The number of hydrogen-bond donors (Lipinski definition) is 2. The molecule has 0 radical (unpaired) electrons. The molecule has 1 unspecified atom stereocenters. The Balaban J connectivity index is 1.57. The number of methoxy groups -OCH3 is 2. The van der Waals surface area contributed by atoms with E-state index < -0.39 is 50.4 Å². The van der Waals surface area contributed by atoms with Crippen LogP contribution in [0.15, 0.2) is 101 Å². The topological polar surface area (TPSA) is 163 Å². The molecule has 13 nitrogen and oxygen atoms in total. The molecule has 1 saturated heterocycles. The Hall–Kier alpha value is -4.38. The molecule has 1 aliphatic heterocycles. The van der Waals surface area contributed by atoms with Gasteiger partial charge >= 0.3 is 5.69 Å². The van der Waals surface area contributed by atoms with Crippen molar-refractivity contribution in [1.29, 1.82) is 5.26 Å². The number of ether oxygens (including phenoxy) is 6. The van der Waals surface area contributed by atoms with Crippen LogP contribution >= 0.6 is 9.03 Å². The number of nitrogens with zero attached hydrogens (tertiary/aromatic N) is 2. The van der Waals surface area contributed by atoms with Crippen LogP contribution in [0.5, 0.6) is 11.5 Å². The summed E-state index contributed by atoms with van der Waals surface area (Å²) >= 11 is 0. The molecule has 0 bridgehead atoms. The summed E-state index contributed by atoms with van der Waals surface area (Å²) in [5, 5.41) is 8.86. The van der Waals surface area contributed by atoms with Crippen molar-refractivity contribution in [2.24, 2.45) is 0 Å². The molecule has 0 amide bonds. The predicted octanol–water partition coefficient (Wildman–Crippen LogP) is 3.62. The van der Waals surface area contributed by atoms with Crippen LogP contribution in [0.25, 0.3) is 0 Å². The summed E-state index contributed by atoms with van der Waals surface area (Å²) in [6.07, 6.45) is -2.48. The molecular formula is C34H36N3O10P. The van der Waals surface area contributed by atoms with Gasteiger partial charge in [0.25, 0.3) is 5.56 Å². The first-order valence-corrected chi connectivity index (χ1v) is 15.9. The third-order valence-corrected chi connectivity index (χ3v) is 8.32. The number of aromatic amines is 1. The predicted molar refractivity (Wildman–Crippen MR) is 175 cm³/mol. The fourth-order valence-electron chi connectivity index (χ4n) is 5.66. The average Bonchev–Trinajstić information content (AvgIpc) is 3.45. The van der Waals surface area contributed by atoms with Crippen LogP contribution in [0.3, 0.4) is 0 Å². The van der Waals surface area contributed by atoms with Gasteiger partial charge < -0.3 is 37.8 Å². The molecule has 5 rings (SSSR count). The Morgan fingerprint density at radius 1 is 0.917 bits per heavy atom. The average molecular weight is 678 g/mol. The zero-order chi connectivity index (χ0) is 33.9. The molecule has 14 heteroatoms. The summed E-state index contributed by atoms with van der Waals surface area (Å²) in [6, 6.07) is 27.9. The lowest BCUT2D eigenvalue weighted by Crippen LogP contribution is -2.41. The van der Waals surface area contributed by atoms with Crippen molar-refractivity contribution in [3.8, 4) is 17.6 Å². The van der Waals surface area contributed by atoms with Gasteiger partial charge in [-0.3, -0.25) is 14.3 Å². The summed E-state index contributed by atoms with van der Waals surface area (Å²) in [4.78, 5) is 36.9. The van der Waals surface area contributed by atoms with E-state index in [0.717, 1.165) is 16.7 Å². The molecule has 48 heavy (non-hydrogen) atoms. The minimum Gasteiger partial charge on any atom is -0.497 e. The Morgan fingerprint density at radius 2 is 1.54 bits per heavy atom. The minimum absolute atomic E-state index is 0.105. The second kappa shape index (κ2) is 16.6. The number of H-pyrrole nitrogens is 1. The molecule has 2 N–H and O–H groups in total. The SMILES string of the molecule is COc1ccc(C(OC[C@H]2O[C@@H](n3ccc(=O)[nH]c3=O)[C@H](OCOCCC#N)[C@@H]2OPO)(c2ccccc2)c2ccc(OC)cc2)cc1. The van der Waals surface area contributed by atoms with Crippen LogP contribution in [0, 0.1) is 11.3 Å². The van der Waals surface area contributed by atoms with Gasteiger partial charge in [-0.05, 0) is 41.0 Å². The van der Waals surface area contributed by atoms with Gasteiger partial charge in [0.2, 0.25) is 0 Å². The molecule has 0 saturated carbocycles. The molecular weight excluding hydrogens is 641 g/mol.